The molecule has 3 heteroatoms. The maximum Gasteiger partial charge on any atom is 0.305 e. The highest BCUT2D eigenvalue weighted by molar-refractivity contribution is 5.66. The van der Waals surface area contributed by atoms with Crippen molar-refractivity contribution < 1.29 is 14.6 Å². The maximum atomic E-state index is 10.3. The van der Waals surface area contributed by atoms with Crippen LogP contribution in [0.1, 0.15) is 37.3 Å². The zero-order valence-electron chi connectivity index (χ0n) is 9.77. The molecule has 0 unspecified atom stereocenters. The van der Waals surface area contributed by atoms with Crippen LogP contribution in [0, 0.1) is 0 Å². The summed E-state index contributed by atoms with van der Waals surface area (Å²) in [6, 6.07) is 8.22. The number of ether oxygens (including phenoxy) is 1. The first kappa shape index (κ1) is 12.7. The smallest absolute Gasteiger partial charge is 0.305 e. The van der Waals surface area contributed by atoms with E-state index in [4.69, 9.17) is 9.84 Å². The van der Waals surface area contributed by atoms with Gasteiger partial charge in [0.15, 0.2) is 0 Å². The van der Waals surface area contributed by atoms with Crippen molar-refractivity contribution in [3.05, 3.63) is 35.4 Å². The van der Waals surface area contributed by atoms with Crippen molar-refractivity contribution in [3.63, 3.8) is 0 Å². The van der Waals surface area contributed by atoms with Gasteiger partial charge in [-0.15, -0.1) is 0 Å². The van der Waals surface area contributed by atoms with Crippen molar-refractivity contribution in [2.24, 2.45) is 0 Å². The van der Waals surface area contributed by atoms with Crippen LogP contribution in [0.5, 0.6) is 0 Å². The minimum atomic E-state index is -0.824. The van der Waals surface area contributed by atoms with E-state index in [0.717, 1.165) is 5.56 Å². The number of carbonyl (C=O) groups is 1. The molecule has 0 fully saturated rings. The average Bonchev–Trinajstić information content (AvgIpc) is 2.25. The fourth-order valence-electron chi connectivity index (χ4n) is 1.35. The van der Waals surface area contributed by atoms with E-state index >= 15 is 0 Å². The fourth-order valence-corrected chi connectivity index (χ4v) is 1.35. The Hall–Kier alpha value is -1.35. The molecule has 1 aromatic rings. The molecule has 1 N–H and O–H groups in total. The van der Waals surface area contributed by atoms with E-state index < -0.39 is 5.97 Å². The molecule has 88 valence electrons. The average molecular weight is 222 g/mol. The molecular formula is C13H18O3. The van der Waals surface area contributed by atoms with Crippen LogP contribution in [-0.2, 0) is 16.1 Å². The van der Waals surface area contributed by atoms with Gasteiger partial charge in [0.2, 0.25) is 0 Å². The molecule has 1 aromatic carbocycles. The van der Waals surface area contributed by atoms with Gasteiger partial charge >= 0.3 is 5.97 Å². The van der Waals surface area contributed by atoms with Gasteiger partial charge in [-0.3, -0.25) is 4.79 Å². The van der Waals surface area contributed by atoms with Crippen LogP contribution in [0.15, 0.2) is 24.3 Å². The van der Waals surface area contributed by atoms with Crippen LogP contribution in [-0.4, -0.2) is 17.7 Å². The molecule has 0 aliphatic rings. The van der Waals surface area contributed by atoms with Gasteiger partial charge in [0.05, 0.1) is 19.6 Å². The van der Waals surface area contributed by atoms with Gasteiger partial charge in [0.1, 0.15) is 0 Å². The van der Waals surface area contributed by atoms with E-state index in [2.05, 4.69) is 26.0 Å². The van der Waals surface area contributed by atoms with E-state index in [1.54, 1.807) is 0 Å². The van der Waals surface area contributed by atoms with E-state index in [1.807, 2.05) is 12.1 Å². The number of rotatable bonds is 6. The Morgan fingerprint density at radius 2 is 1.94 bits per heavy atom. The topological polar surface area (TPSA) is 46.5 Å². The second-order valence-corrected chi connectivity index (χ2v) is 4.09. The van der Waals surface area contributed by atoms with Gasteiger partial charge in [0.25, 0.3) is 0 Å². The van der Waals surface area contributed by atoms with Gasteiger partial charge in [-0.1, -0.05) is 38.1 Å². The molecule has 1 rings (SSSR count). The third-order valence-corrected chi connectivity index (χ3v) is 2.38. The fraction of sp³-hybridized carbons (Fsp3) is 0.462. The second-order valence-electron chi connectivity index (χ2n) is 4.09. The van der Waals surface area contributed by atoms with Crippen LogP contribution < -0.4 is 0 Å². The predicted molar refractivity (Wildman–Crippen MR) is 62.4 cm³/mol. The Labute approximate surface area is 96.1 Å². The van der Waals surface area contributed by atoms with E-state index in [0.29, 0.717) is 12.5 Å². The minimum Gasteiger partial charge on any atom is -0.481 e. The molecule has 0 aromatic heterocycles. The van der Waals surface area contributed by atoms with Gasteiger partial charge < -0.3 is 9.84 Å². The Morgan fingerprint density at radius 3 is 2.44 bits per heavy atom. The molecule has 0 aliphatic heterocycles. The molecule has 0 aliphatic carbocycles. The number of hydrogen-bond donors (Lipinski definition) is 1. The summed E-state index contributed by atoms with van der Waals surface area (Å²) in [4.78, 5) is 10.3. The highest BCUT2D eigenvalue weighted by atomic mass is 16.5. The summed E-state index contributed by atoms with van der Waals surface area (Å²) in [7, 11) is 0. The van der Waals surface area contributed by atoms with Crippen LogP contribution >= 0.6 is 0 Å². The number of hydrogen-bond acceptors (Lipinski definition) is 2. The summed E-state index contributed by atoms with van der Waals surface area (Å²) in [5, 5.41) is 8.43. The quantitative estimate of drug-likeness (QED) is 0.753. The van der Waals surface area contributed by atoms with E-state index in [-0.39, 0.29) is 13.0 Å². The summed E-state index contributed by atoms with van der Waals surface area (Å²) in [5.74, 6) is -0.294. The number of carboxylic acid groups (broad SMARTS) is 1. The first-order valence-electron chi connectivity index (χ1n) is 5.48. The molecule has 3 nitrogen and oxygen atoms in total. The van der Waals surface area contributed by atoms with Crippen molar-refractivity contribution in [2.45, 2.75) is 32.8 Å². The molecule has 16 heavy (non-hydrogen) atoms. The van der Waals surface area contributed by atoms with Crippen LogP contribution in [0.3, 0.4) is 0 Å². The van der Waals surface area contributed by atoms with Crippen molar-refractivity contribution in [1.82, 2.24) is 0 Å². The standard InChI is InChI=1S/C13H18O3/c1-10(2)12-5-3-11(4-6-12)9-16-8-7-13(14)15/h3-6,10H,7-9H2,1-2H3,(H,14,15). The molecule has 0 amide bonds. The van der Waals surface area contributed by atoms with Gasteiger partial charge in [-0.25, -0.2) is 0 Å². The van der Waals surface area contributed by atoms with E-state index in [9.17, 15) is 4.79 Å². The van der Waals surface area contributed by atoms with Crippen molar-refractivity contribution >= 4 is 5.97 Å². The van der Waals surface area contributed by atoms with Crippen molar-refractivity contribution in [2.75, 3.05) is 6.61 Å². The molecule has 0 saturated heterocycles. The van der Waals surface area contributed by atoms with Gasteiger partial charge in [-0.2, -0.15) is 0 Å². The third kappa shape index (κ3) is 4.45. The van der Waals surface area contributed by atoms with Crippen molar-refractivity contribution in [3.8, 4) is 0 Å². The lowest BCUT2D eigenvalue weighted by Crippen LogP contribution is -2.02. The molecule has 0 atom stereocenters. The van der Waals surface area contributed by atoms with Gasteiger partial charge in [-0.05, 0) is 17.0 Å². The Balaban J connectivity index is 2.35. The van der Waals surface area contributed by atoms with Crippen LogP contribution in [0.25, 0.3) is 0 Å². The van der Waals surface area contributed by atoms with Crippen molar-refractivity contribution in [1.29, 1.82) is 0 Å². The Kier molecular flexibility index (Phi) is 4.99. The van der Waals surface area contributed by atoms with Crippen LogP contribution in [0.2, 0.25) is 0 Å². The molecule has 0 spiro atoms. The monoisotopic (exact) mass is 222 g/mol. The molecule has 0 bridgehead atoms. The van der Waals surface area contributed by atoms with Crippen LogP contribution in [0.4, 0.5) is 0 Å². The summed E-state index contributed by atoms with van der Waals surface area (Å²) >= 11 is 0. The Bertz CT molecular complexity index is 328. The lowest BCUT2D eigenvalue weighted by molar-refractivity contribution is -0.138. The second kappa shape index (κ2) is 6.28. The lowest BCUT2D eigenvalue weighted by atomic mass is 10.0. The molecular weight excluding hydrogens is 204 g/mol. The van der Waals surface area contributed by atoms with E-state index in [1.165, 1.54) is 5.56 Å². The third-order valence-electron chi connectivity index (χ3n) is 2.38. The largest absolute Gasteiger partial charge is 0.481 e. The first-order chi connectivity index (χ1) is 7.59. The maximum absolute atomic E-state index is 10.3. The SMILES string of the molecule is CC(C)c1ccc(COCCC(=O)O)cc1. The first-order valence-corrected chi connectivity index (χ1v) is 5.48. The highest BCUT2D eigenvalue weighted by Gasteiger charge is 2.00. The summed E-state index contributed by atoms with van der Waals surface area (Å²) in [6.45, 7) is 5.05. The molecule has 0 radical (unpaired) electrons. The summed E-state index contributed by atoms with van der Waals surface area (Å²) in [6.07, 6.45) is 0.0596. The zero-order valence-corrected chi connectivity index (χ0v) is 9.77. The Morgan fingerprint density at radius 1 is 1.31 bits per heavy atom. The normalized spacial score (nSPS) is 10.7. The van der Waals surface area contributed by atoms with Gasteiger partial charge in [0, 0.05) is 0 Å². The lowest BCUT2D eigenvalue weighted by Gasteiger charge is -2.07. The minimum absolute atomic E-state index is 0.0596. The summed E-state index contributed by atoms with van der Waals surface area (Å²) in [5.41, 5.74) is 2.38. The predicted octanol–water partition coefficient (Wildman–Crippen LogP) is 2.80. The zero-order chi connectivity index (χ0) is 12.0. The summed E-state index contributed by atoms with van der Waals surface area (Å²) < 4.78 is 5.25. The molecule has 0 heterocycles. The molecule has 0 saturated carbocycles. The number of benzene rings is 1. The highest BCUT2D eigenvalue weighted by Crippen LogP contribution is 2.14. The number of aliphatic carboxylic acids is 1. The number of carboxylic acids is 1.